The predicted octanol–water partition coefficient (Wildman–Crippen LogP) is 0.950. The predicted molar refractivity (Wildman–Crippen MR) is 66.9 cm³/mol. The Balaban J connectivity index is 3.01. The Bertz CT molecular complexity index is 460. The van der Waals surface area contributed by atoms with Crippen LogP contribution in [0.5, 0.6) is 0 Å². The first-order chi connectivity index (χ1) is 8.51. The molecule has 0 bridgehead atoms. The van der Waals surface area contributed by atoms with Crippen molar-refractivity contribution in [2.24, 2.45) is 5.73 Å². The van der Waals surface area contributed by atoms with E-state index in [1.165, 1.54) is 25.3 Å². The van der Waals surface area contributed by atoms with E-state index in [0.29, 0.717) is 0 Å². The van der Waals surface area contributed by atoms with Crippen LogP contribution >= 0.6 is 11.6 Å². The van der Waals surface area contributed by atoms with Gasteiger partial charge in [0, 0.05) is 13.7 Å². The summed E-state index contributed by atoms with van der Waals surface area (Å²) < 4.78 is 4.85. The average Bonchev–Trinajstić information content (AvgIpc) is 2.30. The van der Waals surface area contributed by atoms with E-state index in [1.54, 1.807) is 0 Å². The van der Waals surface area contributed by atoms with E-state index in [0.717, 1.165) is 0 Å². The molecule has 0 fully saturated rings. The summed E-state index contributed by atoms with van der Waals surface area (Å²) in [5.74, 6) is -1.75. The zero-order valence-electron chi connectivity index (χ0n) is 9.64. The van der Waals surface area contributed by atoms with Crippen molar-refractivity contribution in [1.82, 2.24) is 0 Å². The topological polar surface area (TPSA) is 102 Å². The number of hydrogen-bond acceptors (Lipinski definition) is 4. The molecule has 0 radical (unpaired) electrons. The Kier molecular flexibility index (Phi) is 5.08. The monoisotopic (exact) mass is 272 g/mol. The minimum Gasteiger partial charge on any atom is -0.478 e. The van der Waals surface area contributed by atoms with E-state index in [2.05, 4.69) is 5.32 Å². The Labute approximate surface area is 109 Å². The van der Waals surface area contributed by atoms with Crippen LogP contribution in [0.2, 0.25) is 5.02 Å². The van der Waals surface area contributed by atoms with Crippen molar-refractivity contribution < 1.29 is 19.4 Å². The quantitative estimate of drug-likeness (QED) is 0.741. The highest BCUT2D eigenvalue weighted by Crippen LogP contribution is 2.24. The van der Waals surface area contributed by atoms with Crippen LogP contribution in [-0.2, 0) is 9.53 Å². The van der Waals surface area contributed by atoms with E-state index in [9.17, 15) is 9.59 Å². The van der Waals surface area contributed by atoms with Crippen molar-refractivity contribution >= 4 is 29.2 Å². The highest BCUT2D eigenvalue weighted by Gasteiger charge is 2.20. The summed E-state index contributed by atoms with van der Waals surface area (Å²) >= 11 is 5.77. The molecule has 0 aliphatic heterocycles. The van der Waals surface area contributed by atoms with Gasteiger partial charge in [0.1, 0.15) is 11.7 Å². The molecule has 6 nitrogen and oxygen atoms in total. The molecule has 0 aliphatic carbocycles. The molecule has 1 aromatic rings. The molecule has 1 amide bonds. The molecule has 1 atom stereocenters. The van der Waals surface area contributed by atoms with Gasteiger partial charge in [-0.05, 0) is 12.1 Å². The smallest absolute Gasteiger partial charge is 0.339 e. The summed E-state index contributed by atoms with van der Waals surface area (Å²) in [5, 5.41) is 11.5. The van der Waals surface area contributed by atoms with Crippen LogP contribution in [0.1, 0.15) is 10.4 Å². The lowest BCUT2D eigenvalue weighted by atomic mass is 10.1. The van der Waals surface area contributed by atoms with Crippen molar-refractivity contribution in [1.29, 1.82) is 0 Å². The first-order valence-electron chi connectivity index (χ1n) is 5.06. The van der Waals surface area contributed by atoms with Gasteiger partial charge in [0.05, 0.1) is 10.7 Å². The molecule has 18 heavy (non-hydrogen) atoms. The summed E-state index contributed by atoms with van der Waals surface area (Å²) in [6.07, 6.45) is -0.842. The van der Waals surface area contributed by atoms with Crippen molar-refractivity contribution in [2.75, 3.05) is 19.0 Å². The molecule has 0 spiro atoms. The lowest BCUT2D eigenvalue weighted by Crippen LogP contribution is -2.36. The number of nitrogens with two attached hydrogens (primary N) is 1. The average molecular weight is 273 g/mol. The summed E-state index contributed by atoms with van der Waals surface area (Å²) in [7, 11) is 1.34. The molecule has 1 unspecified atom stereocenters. The first-order valence-corrected chi connectivity index (χ1v) is 5.44. The molecule has 4 N–H and O–H groups in total. The third-order valence-electron chi connectivity index (χ3n) is 2.28. The number of hydrogen-bond donors (Lipinski definition) is 3. The van der Waals surface area contributed by atoms with Crippen molar-refractivity contribution in [3.8, 4) is 0 Å². The second-order valence-corrected chi connectivity index (χ2v) is 3.82. The molecule has 7 heteroatoms. The van der Waals surface area contributed by atoms with Crippen LogP contribution in [0.15, 0.2) is 18.2 Å². The van der Waals surface area contributed by atoms with Crippen molar-refractivity contribution in [3.63, 3.8) is 0 Å². The number of nitrogens with one attached hydrogen (secondary N) is 1. The fourth-order valence-electron chi connectivity index (χ4n) is 1.37. The number of anilines is 1. The van der Waals surface area contributed by atoms with Crippen LogP contribution in [0.3, 0.4) is 0 Å². The lowest BCUT2D eigenvalue weighted by molar-refractivity contribution is -0.125. The van der Waals surface area contributed by atoms with E-state index < -0.39 is 18.0 Å². The first kappa shape index (κ1) is 14.4. The van der Waals surface area contributed by atoms with Gasteiger partial charge in [-0.2, -0.15) is 0 Å². The van der Waals surface area contributed by atoms with E-state index in [4.69, 9.17) is 27.2 Å². The number of benzene rings is 1. The zero-order chi connectivity index (χ0) is 13.7. The molecule has 0 saturated heterocycles. The van der Waals surface area contributed by atoms with E-state index in [1.807, 2.05) is 0 Å². The summed E-state index contributed by atoms with van der Waals surface area (Å²) in [6, 6.07) is 4.41. The van der Waals surface area contributed by atoms with Gasteiger partial charge in [-0.25, -0.2) is 4.79 Å². The number of carboxylic acid groups (broad SMARTS) is 1. The summed E-state index contributed by atoms with van der Waals surface area (Å²) in [6.45, 7) is -0.00863. The standard InChI is InChI=1S/C11H13ClN2O4/c1-18-8(5-13)10(15)14-7-4-2-3-6(12)9(7)11(16)17/h2-4,8H,5,13H2,1H3,(H,14,15)(H,16,17). The molecular formula is C11H13ClN2O4. The van der Waals surface area contributed by atoms with Gasteiger partial charge >= 0.3 is 5.97 Å². The Morgan fingerprint density at radius 1 is 1.56 bits per heavy atom. The minimum atomic E-state index is -1.22. The number of carbonyl (C=O) groups is 2. The fraction of sp³-hybridized carbons (Fsp3) is 0.273. The number of rotatable bonds is 5. The number of carbonyl (C=O) groups excluding carboxylic acids is 1. The third-order valence-corrected chi connectivity index (χ3v) is 2.59. The number of halogens is 1. The number of methoxy groups -OCH3 is 1. The molecule has 1 rings (SSSR count). The van der Waals surface area contributed by atoms with Crippen LogP contribution in [0, 0.1) is 0 Å². The number of ether oxygens (including phenoxy) is 1. The Morgan fingerprint density at radius 3 is 2.72 bits per heavy atom. The maximum absolute atomic E-state index is 11.7. The molecule has 0 saturated carbocycles. The lowest BCUT2D eigenvalue weighted by Gasteiger charge is -2.14. The van der Waals surface area contributed by atoms with Crippen LogP contribution in [-0.4, -0.2) is 36.7 Å². The van der Waals surface area contributed by atoms with Gasteiger partial charge in [0.15, 0.2) is 0 Å². The van der Waals surface area contributed by atoms with E-state index >= 15 is 0 Å². The van der Waals surface area contributed by atoms with Crippen LogP contribution in [0.4, 0.5) is 5.69 Å². The largest absolute Gasteiger partial charge is 0.478 e. The SMILES string of the molecule is COC(CN)C(=O)Nc1cccc(Cl)c1C(=O)O. The molecule has 0 heterocycles. The maximum Gasteiger partial charge on any atom is 0.339 e. The number of carboxylic acids is 1. The number of aromatic carboxylic acids is 1. The second-order valence-electron chi connectivity index (χ2n) is 3.42. The molecule has 1 aromatic carbocycles. The molecule has 98 valence electrons. The molecule has 0 aliphatic rings. The van der Waals surface area contributed by atoms with Gasteiger partial charge < -0.3 is 20.9 Å². The van der Waals surface area contributed by atoms with Gasteiger partial charge in [-0.3, -0.25) is 4.79 Å². The minimum absolute atomic E-state index is 0.00863. The maximum atomic E-state index is 11.7. The van der Waals surface area contributed by atoms with Gasteiger partial charge in [-0.1, -0.05) is 17.7 Å². The summed E-state index contributed by atoms with van der Waals surface area (Å²) in [5.41, 5.74) is 5.28. The number of amides is 1. The normalized spacial score (nSPS) is 11.9. The van der Waals surface area contributed by atoms with Crippen LogP contribution in [0.25, 0.3) is 0 Å². The van der Waals surface area contributed by atoms with Crippen molar-refractivity contribution in [2.45, 2.75) is 6.10 Å². The highest BCUT2D eigenvalue weighted by molar-refractivity contribution is 6.34. The van der Waals surface area contributed by atoms with Crippen molar-refractivity contribution in [3.05, 3.63) is 28.8 Å². The zero-order valence-corrected chi connectivity index (χ0v) is 10.4. The third kappa shape index (κ3) is 3.19. The van der Waals surface area contributed by atoms with E-state index in [-0.39, 0.29) is 22.8 Å². The van der Waals surface area contributed by atoms with Gasteiger partial charge in [-0.15, -0.1) is 0 Å². The molecule has 0 aromatic heterocycles. The second kappa shape index (κ2) is 6.34. The summed E-state index contributed by atoms with van der Waals surface area (Å²) in [4.78, 5) is 22.8. The Morgan fingerprint density at radius 2 is 2.22 bits per heavy atom. The Hall–Kier alpha value is -1.63. The highest BCUT2D eigenvalue weighted by atomic mass is 35.5. The van der Waals surface area contributed by atoms with Crippen LogP contribution < -0.4 is 11.1 Å². The molecular weight excluding hydrogens is 260 g/mol. The fourth-order valence-corrected chi connectivity index (χ4v) is 1.62. The van der Waals surface area contributed by atoms with Gasteiger partial charge in [0.25, 0.3) is 5.91 Å². The van der Waals surface area contributed by atoms with Gasteiger partial charge in [0.2, 0.25) is 0 Å².